The third-order valence-electron chi connectivity index (χ3n) is 2.22. The lowest BCUT2D eigenvalue weighted by Gasteiger charge is -2.14. The summed E-state index contributed by atoms with van der Waals surface area (Å²) in [4.78, 5) is 0. The molecule has 0 fully saturated rings. The molecule has 1 heterocycles. The van der Waals surface area contributed by atoms with E-state index in [0.29, 0.717) is 19.4 Å². The molecule has 0 saturated carbocycles. The average molecular weight is 261 g/mol. The number of unbranched alkanes of at least 4 members (excludes halogenated alkanes) is 1. The molecule has 0 radical (unpaired) electrons. The quantitative estimate of drug-likeness (QED) is 0.643. The van der Waals surface area contributed by atoms with Gasteiger partial charge in [0.15, 0.2) is 0 Å². The molecular formula is C10H19N3O3S. The predicted molar refractivity (Wildman–Crippen MR) is 64.9 cm³/mol. The smallest absolute Gasteiger partial charge is 0.211 e. The zero-order valence-corrected chi connectivity index (χ0v) is 10.7. The maximum absolute atomic E-state index is 11.6. The SMILES string of the molecule is CC(Cn1cccn1)NS(=O)(=O)CCCCO. The fourth-order valence-electron chi connectivity index (χ4n) is 1.50. The first-order valence-corrected chi connectivity index (χ1v) is 7.27. The van der Waals surface area contributed by atoms with E-state index in [1.807, 2.05) is 0 Å². The molecule has 0 bridgehead atoms. The maximum Gasteiger partial charge on any atom is 0.211 e. The van der Waals surface area contributed by atoms with Crippen LogP contribution < -0.4 is 4.72 Å². The molecule has 0 saturated heterocycles. The van der Waals surface area contributed by atoms with Crippen molar-refractivity contribution in [1.29, 1.82) is 0 Å². The summed E-state index contributed by atoms with van der Waals surface area (Å²) >= 11 is 0. The van der Waals surface area contributed by atoms with Crippen molar-refractivity contribution < 1.29 is 13.5 Å². The van der Waals surface area contributed by atoms with Gasteiger partial charge >= 0.3 is 0 Å². The highest BCUT2D eigenvalue weighted by Gasteiger charge is 2.14. The van der Waals surface area contributed by atoms with E-state index in [9.17, 15) is 8.42 Å². The first-order valence-electron chi connectivity index (χ1n) is 5.62. The summed E-state index contributed by atoms with van der Waals surface area (Å²) in [7, 11) is -3.26. The lowest BCUT2D eigenvalue weighted by atomic mass is 10.4. The van der Waals surface area contributed by atoms with Crippen LogP contribution in [0.25, 0.3) is 0 Å². The van der Waals surface area contributed by atoms with E-state index in [-0.39, 0.29) is 18.4 Å². The Labute approximate surface area is 102 Å². The van der Waals surface area contributed by atoms with Gasteiger partial charge in [-0.3, -0.25) is 4.68 Å². The maximum atomic E-state index is 11.6. The van der Waals surface area contributed by atoms with Crippen LogP contribution in [-0.4, -0.2) is 41.7 Å². The van der Waals surface area contributed by atoms with Crippen LogP contribution in [0.4, 0.5) is 0 Å². The first kappa shape index (κ1) is 14.1. The highest BCUT2D eigenvalue weighted by Crippen LogP contribution is 1.98. The van der Waals surface area contributed by atoms with E-state index in [2.05, 4.69) is 9.82 Å². The Morgan fingerprint density at radius 3 is 2.82 bits per heavy atom. The van der Waals surface area contributed by atoms with Gasteiger partial charge < -0.3 is 5.11 Å². The van der Waals surface area contributed by atoms with Gasteiger partial charge in [0.25, 0.3) is 0 Å². The van der Waals surface area contributed by atoms with E-state index >= 15 is 0 Å². The van der Waals surface area contributed by atoms with E-state index in [0.717, 1.165) is 0 Å². The zero-order chi connectivity index (χ0) is 12.7. The molecule has 7 heteroatoms. The Morgan fingerprint density at radius 2 is 2.24 bits per heavy atom. The standard InChI is InChI=1S/C10H19N3O3S/c1-10(9-13-6-4-5-11-13)12-17(15,16)8-3-2-7-14/h4-6,10,12,14H,2-3,7-9H2,1H3. The number of hydrogen-bond acceptors (Lipinski definition) is 4. The van der Waals surface area contributed by atoms with Gasteiger partial charge in [0.1, 0.15) is 0 Å². The van der Waals surface area contributed by atoms with Crippen molar-refractivity contribution in [3.05, 3.63) is 18.5 Å². The summed E-state index contributed by atoms with van der Waals surface area (Å²) in [5.41, 5.74) is 0. The minimum atomic E-state index is -3.26. The largest absolute Gasteiger partial charge is 0.396 e. The molecule has 1 unspecified atom stereocenters. The molecule has 17 heavy (non-hydrogen) atoms. The lowest BCUT2D eigenvalue weighted by Crippen LogP contribution is -2.37. The summed E-state index contributed by atoms with van der Waals surface area (Å²) < 4.78 is 27.5. The van der Waals surface area contributed by atoms with Crippen LogP contribution >= 0.6 is 0 Å². The molecule has 1 aromatic heterocycles. The fraction of sp³-hybridized carbons (Fsp3) is 0.700. The van der Waals surface area contributed by atoms with Crippen molar-refractivity contribution in [3.8, 4) is 0 Å². The number of hydrogen-bond donors (Lipinski definition) is 2. The highest BCUT2D eigenvalue weighted by molar-refractivity contribution is 7.89. The van der Waals surface area contributed by atoms with Crippen LogP contribution in [0.1, 0.15) is 19.8 Å². The molecule has 1 aromatic rings. The highest BCUT2D eigenvalue weighted by atomic mass is 32.2. The van der Waals surface area contributed by atoms with Crippen molar-refractivity contribution in [1.82, 2.24) is 14.5 Å². The van der Waals surface area contributed by atoms with E-state index in [1.54, 1.807) is 30.1 Å². The Kier molecular flexibility index (Phi) is 5.60. The van der Waals surface area contributed by atoms with Gasteiger partial charge in [-0.25, -0.2) is 13.1 Å². The second kappa shape index (κ2) is 6.73. The van der Waals surface area contributed by atoms with Crippen molar-refractivity contribution in [2.24, 2.45) is 0 Å². The third kappa shape index (κ3) is 5.81. The number of aromatic nitrogens is 2. The topological polar surface area (TPSA) is 84.2 Å². The van der Waals surface area contributed by atoms with Gasteiger partial charge in [-0.15, -0.1) is 0 Å². The van der Waals surface area contributed by atoms with E-state index in [1.165, 1.54) is 0 Å². The zero-order valence-electron chi connectivity index (χ0n) is 9.91. The van der Waals surface area contributed by atoms with Crippen molar-refractivity contribution in [2.75, 3.05) is 12.4 Å². The Morgan fingerprint density at radius 1 is 1.47 bits per heavy atom. The van der Waals surface area contributed by atoms with Crippen LogP contribution in [0.5, 0.6) is 0 Å². The molecule has 1 rings (SSSR count). The summed E-state index contributed by atoms with van der Waals surface area (Å²) in [5.74, 6) is 0.0526. The van der Waals surface area contributed by atoms with E-state index < -0.39 is 10.0 Å². The molecule has 2 N–H and O–H groups in total. The minimum absolute atomic E-state index is 0.0262. The second-order valence-electron chi connectivity index (χ2n) is 4.00. The summed E-state index contributed by atoms with van der Waals surface area (Å²) in [6.07, 6.45) is 4.42. The first-order chi connectivity index (χ1) is 8.03. The second-order valence-corrected chi connectivity index (χ2v) is 5.87. The number of aliphatic hydroxyl groups is 1. The lowest BCUT2D eigenvalue weighted by molar-refractivity contribution is 0.287. The number of sulfonamides is 1. The van der Waals surface area contributed by atoms with Crippen LogP contribution in [0.15, 0.2) is 18.5 Å². The summed E-state index contributed by atoms with van der Waals surface area (Å²) in [6, 6.07) is 1.59. The molecular weight excluding hydrogens is 242 g/mol. The number of nitrogens with zero attached hydrogens (tertiary/aromatic N) is 2. The number of aliphatic hydroxyl groups excluding tert-OH is 1. The summed E-state index contributed by atoms with van der Waals surface area (Å²) in [6.45, 7) is 2.33. The van der Waals surface area contributed by atoms with Crippen LogP contribution in [0.2, 0.25) is 0 Å². The Balaban J connectivity index is 2.36. The number of nitrogens with one attached hydrogen (secondary N) is 1. The molecule has 0 spiro atoms. The molecule has 0 aliphatic heterocycles. The molecule has 0 amide bonds. The van der Waals surface area contributed by atoms with Crippen LogP contribution in [0, 0.1) is 0 Å². The van der Waals surface area contributed by atoms with Gasteiger partial charge in [-0.2, -0.15) is 5.10 Å². The molecule has 1 atom stereocenters. The normalized spacial score (nSPS) is 13.8. The number of rotatable bonds is 8. The fourth-order valence-corrected chi connectivity index (χ4v) is 2.89. The van der Waals surface area contributed by atoms with Crippen molar-refractivity contribution in [2.45, 2.75) is 32.4 Å². The molecule has 98 valence electrons. The average Bonchev–Trinajstić information content (AvgIpc) is 2.69. The molecule has 6 nitrogen and oxygen atoms in total. The third-order valence-corrected chi connectivity index (χ3v) is 3.81. The predicted octanol–water partition coefficient (Wildman–Crippen LogP) is -0.0365. The van der Waals surface area contributed by atoms with Crippen LogP contribution in [-0.2, 0) is 16.6 Å². The van der Waals surface area contributed by atoms with Gasteiger partial charge in [-0.05, 0) is 25.8 Å². The van der Waals surface area contributed by atoms with E-state index in [4.69, 9.17) is 5.11 Å². The molecule has 0 aliphatic rings. The Hall–Kier alpha value is -0.920. The summed E-state index contributed by atoms with van der Waals surface area (Å²) in [5, 5.41) is 12.6. The van der Waals surface area contributed by atoms with Crippen LogP contribution in [0.3, 0.4) is 0 Å². The van der Waals surface area contributed by atoms with Crippen molar-refractivity contribution in [3.63, 3.8) is 0 Å². The molecule has 0 aromatic carbocycles. The minimum Gasteiger partial charge on any atom is -0.396 e. The van der Waals surface area contributed by atoms with Crippen molar-refractivity contribution >= 4 is 10.0 Å². The van der Waals surface area contributed by atoms with Gasteiger partial charge in [-0.1, -0.05) is 0 Å². The van der Waals surface area contributed by atoms with Gasteiger partial charge in [0.2, 0.25) is 10.0 Å². The van der Waals surface area contributed by atoms with Gasteiger partial charge in [0, 0.05) is 25.0 Å². The monoisotopic (exact) mass is 261 g/mol. The van der Waals surface area contributed by atoms with Gasteiger partial charge in [0.05, 0.1) is 12.3 Å². The molecule has 0 aliphatic carbocycles. The Bertz CT molecular complexity index is 402.